The van der Waals surface area contributed by atoms with Crippen LogP contribution in [0.2, 0.25) is 0 Å². The summed E-state index contributed by atoms with van der Waals surface area (Å²) in [7, 11) is 1.59. The summed E-state index contributed by atoms with van der Waals surface area (Å²) in [4.78, 5) is 12.3. The number of Topliss-reactive ketones (excluding diaryl/α,β-unsaturated/α-hetero) is 1. The van der Waals surface area contributed by atoms with Gasteiger partial charge in [-0.1, -0.05) is 67.9 Å². The van der Waals surface area contributed by atoms with E-state index in [2.05, 4.69) is 19.1 Å². The normalized spacial score (nSPS) is 12.1. The highest BCUT2D eigenvalue weighted by atomic mass is 16.5. The second-order valence-corrected chi connectivity index (χ2v) is 4.82. The molecule has 0 aliphatic rings. The fraction of sp³-hybridized carbons (Fsp3) is 0.278. The molecule has 0 spiro atoms. The monoisotopic (exact) mass is 268 g/mol. The second kappa shape index (κ2) is 7.01. The summed E-state index contributed by atoms with van der Waals surface area (Å²) in [5.41, 5.74) is 2.99. The highest BCUT2D eigenvalue weighted by molar-refractivity contribution is 5.99. The predicted octanol–water partition coefficient (Wildman–Crippen LogP) is 4.35. The molecule has 0 saturated heterocycles. The smallest absolute Gasteiger partial charge is 0.191 e. The number of ether oxygens (including phenoxy) is 1. The quantitative estimate of drug-likeness (QED) is 0.728. The maximum Gasteiger partial charge on any atom is 0.191 e. The second-order valence-electron chi connectivity index (χ2n) is 4.82. The van der Waals surface area contributed by atoms with E-state index in [0.717, 1.165) is 24.0 Å². The number of carbonyl (C=O) groups is 1. The Hall–Kier alpha value is -1.93. The Morgan fingerprint density at radius 1 is 1.00 bits per heavy atom. The number of ketones is 1. The highest BCUT2D eigenvalue weighted by Crippen LogP contribution is 2.20. The third kappa shape index (κ3) is 3.34. The van der Waals surface area contributed by atoms with Crippen LogP contribution in [0.4, 0.5) is 0 Å². The van der Waals surface area contributed by atoms with Gasteiger partial charge in [0.05, 0.1) is 0 Å². The lowest BCUT2D eigenvalue weighted by atomic mass is 9.99. The SMILES string of the molecule is CCCC(OC)C(=O)c1ccc(-c2ccccc2)cc1. The van der Waals surface area contributed by atoms with Crippen molar-refractivity contribution < 1.29 is 9.53 Å². The van der Waals surface area contributed by atoms with Crippen molar-refractivity contribution in [2.75, 3.05) is 7.11 Å². The van der Waals surface area contributed by atoms with Gasteiger partial charge >= 0.3 is 0 Å². The number of hydrogen-bond donors (Lipinski definition) is 0. The summed E-state index contributed by atoms with van der Waals surface area (Å²) in [6.45, 7) is 2.05. The topological polar surface area (TPSA) is 26.3 Å². The van der Waals surface area contributed by atoms with Crippen LogP contribution < -0.4 is 0 Å². The average Bonchev–Trinajstić information content (AvgIpc) is 2.53. The minimum atomic E-state index is -0.331. The van der Waals surface area contributed by atoms with E-state index < -0.39 is 0 Å². The Labute approximate surface area is 120 Å². The molecule has 0 aromatic heterocycles. The van der Waals surface area contributed by atoms with Crippen LogP contribution in [0.5, 0.6) is 0 Å². The van der Waals surface area contributed by atoms with Crippen LogP contribution in [0, 0.1) is 0 Å². The summed E-state index contributed by atoms with van der Waals surface area (Å²) in [5.74, 6) is 0.0639. The van der Waals surface area contributed by atoms with Crippen LogP contribution in [0.25, 0.3) is 11.1 Å². The molecule has 0 saturated carbocycles. The first kappa shape index (κ1) is 14.5. The molecule has 0 aliphatic carbocycles. The molecule has 0 radical (unpaired) electrons. The molecule has 0 aliphatic heterocycles. The molecular weight excluding hydrogens is 248 g/mol. The molecule has 0 N–H and O–H groups in total. The van der Waals surface area contributed by atoms with Crippen molar-refractivity contribution >= 4 is 5.78 Å². The molecule has 0 fully saturated rings. The van der Waals surface area contributed by atoms with Crippen molar-refractivity contribution in [3.63, 3.8) is 0 Å². The molecule has 104 valence electrons. The van der Waals surface area contributed by atoms with Gasteiger partial charge in [0.2, 0.25) is 0 Å². The van der Waals surface area contributed by atoms with Gasteiger partial charge in [-0.15, -0.1) is 0 Å². The van der Waals surface area contributed by atoms with E-state index in [-0.39, 0.29) is 11.9 Å². The molecule has 0 heterocycles. The third-order valence-corrected chi connectivity index (χ3v) is 3.40. The molecule has 2 rings (SSSR count). The number of benzene rings is 2. The minimum absolute atomic E-state index is 0.0639. The zero-order valence-electron chi connectivity index (χ0n) is 12.0. The van der Waals surface area contributed by atoms with Crippen LogP contribution in [0.15, 0.2) is 54.6 Å². The van der Waals surface area contributed by atoms with Gasteiger partial charge in [0.25, 0.3) is 0 Å². The van der Waals surface area contributed by atoms with E-state index in [1.54, 1.807) is 7.11 Å². The summed E-state index contributed by atoms with van der Waals surface area (Å²) < 4.78 is 5.27. The van der Waals surface area contributed by atoms with Crippen molar-refractivity contribution in [3.05, 3.63) is 60.2 Å². The lowest BCUT2D eigenvalue weighted by Gasteiger charge is -2.13. The van der Waals surface area contributed by atoms with Gasteiger partial charge < -0.3 is 4.74 Å². The standard InChI is InChI=1S/C18H20O2/c1-3-7-17(20-2)18(19)16-12-10-15(11-13-16)14-8-5-4-6-9-14/h4-6,8-13,17H,3,7H2,1-2H3. The van der Waals surface area contributed by atoms with Crippen LogP contribution in [0.3, 0.4) is 0 Å². The predicted molar refractivity (Wildman–Crippen MR) is 81.9 cm³/mol. The number of hydrogen-bond acceptors (Lipinski definition) is 2. The molecule has 1 unspecified atom stereocenters. The largest absolute Gasteiger partial charge is 0.373 e. The highest BCUT2D eigenvalue weighted by Gasteiger charge is 2.18. The van der Waals surface area contributed by atoms with Crippen LogP contribution in [-0.4, -0.2) is 19.0 Å². The Kier molecular flexibility index (Phi) is 5.08. The molecular formula is C18H20O2. The molecule has 2 nitrogen and oxygen atoms in total. The zero-order valence-corrected chi connectivity index (χ0v) is 12.0. The van der Waals surface area contributed by atoms with Gasteiger partial charge in [0.1, 0.15) is 6.10 Å². The van der Waals surface area contributed by atoms with E-state index >= 15 is 0 Å². The van der Waals surface area contributed by atoms with E-state index in [4.69, 9.17) is 4.74 Å². The molecule has 20 heavy (non-hydrogen) atoms. The molecule has 0 amide bonds. The van der Waals surface area contributed by atoms with E-state index in [1.165, 1.54) is 0 Å². The third-order valence-electron chi connectivity index (χ3n) is 3.40. The van der Waals surface area contributed by atoms with Crippen LogP contribution in [-0.2, 0) is 4.74 Å². The summed E-state index contributed by atoms with van der Waals surface area (Å²) in [5, 5.41) is 0. The number of rotatable bonds is 6. The van der Waals surface area contributed by atoms with Crippen molar-refractivity contribution in [2.45, 2.75) is 25.9 Å². The lowest BCUT2D eigenvalue weighted by molar-refractivity contribution is 0.0579. The first-order valence-corrected chi connectivity index (χ1v) is 6.98. The first-order valence-electron chi connectivity index (χ1n) is 6.98. The molecule has 2 aromatic carbocycles. The van der Waals surface area contributed by atoms with Crippen molar-refractivity contribution in [1.82, 2.24) is 0 Å². The fourth-order valence-electron chi connectivity index (χ4n) is 2.26. The Bertz CT molecular complexity index is 543. The van der Waals surface area contributed by atoms with Crippen molar-refractivity contribution in [3.8, 4) is 11.1 Å². The van der Waals surface area contributed by atoms with E-state index in [9.17, 15) is 4.79 Å². The van der Waals surface area contributed by atoms with E-state index in [1.807, 2.05) is 42.5 Å². The maximum absolute atomic E-state index is 12.3. The maximum atomic E-state index is 12.3. The molecule has 1 atom stereocenters. The van der Waals surface area contributed by atoms with Crippen molar-refractivity contribution in [2.24, 2.45) is 0 Å². The lowest BCUT2D eigenvalue weighted by Crippen LogP contribution is -2.22. The van der Waals surface area contributed by atoms with Gasteiger partial charge in [-0.3, -0.25) is 4.79 Å². The van der Waals surface area contributed by atoms with Gasteiger partial charge in [-0.2, -0.15) is 0 Å². The van der Waals surface area contributed by atoms with Gasteiger partial charge in [-0.05, 0) is 17.5 Å². The molecule has 0 bridgehead atoms. The molecule has 2 aromatic rings. The fourth-order valence-corrected chi connectivity index (χ4v) is 2.26. The minimum Gasteiger partial charge on any atom is -0.373 e. The van der Waals surface area contributed by atoms with Crippen molar-refractivity contribution in [1.29, 1.82) is 0 Å². The Morgan fingerprint density at radius 2 is 1.60 bits per heavy atom. The average molecular weight is 268 g/mol. The molecule has 2 heteroatoms. The van der Waals surface area contributed by atoms with Crippen LogP contribution in [0.1, 0.15) is 30.1 Å². The Morgan fingerprint density at radius 3 is 2.15 bits per heavy atom. The van der Waals surface area contributed by atoms with Gasteiger partial charge in [0.15, 0.2) is 5.78 Å². The first-order chi connectivity index (χ1) is 9.76. The summed E-state index contributed by atoms with van der Waals surface area (Å²) in [6, 6.07) is 17.9. The number of methoxy groups -OCH3 is 1. The van der Waals surface area contributed by atoms with E-state index in [0.29, 0.717) is 5.56 Å². The van der Waals surface area contributed by atoms with Gasteiger partial charge in [-0.25, -0.2) is 0 Å². The zero-order chi connectivity index (χ0) is 14.4. The summed E-state index contributed by atoms with van der Waals surface area (Å²) >= 11 is 0. The Balaban J connectivity index is 2.18. The van der Waals surface area contributed by atoms with Crippen LogP contribution >= 0.6 is 0 Å². The summed E-state index contributed by atoms with van der Waals surface area (Å²) in [6.07, 6.45) is 1.37. The number of carbonyl (C=O) groups excluding carboxylic acids is 1. The van der Waals surface area contributed by atoms with Gasteiger partial charge in [0, 0.05) is 12.7 Å².